The Kier molecular flexibility index (Phi) is 9.65. The van der Waals surface area contributed by atoms with Gasteiger partial charge in [-0.05, 0) is 31.2 Å². The van der Waals surface area contributed by atoms with E-state index in [-0.39, 0.29) is 12.4 Å². The fourth-order valence-corrected chi connectivity index (χ4v) is 1.57. The highest BCUT2D eigenvalue weighted by atomic mass is 16.5. The molecule has 0 spiro atoms. The van der Waals surface area contributed by atoms with Crippen LogP contribution in [0.15, 0.2) is 24.3 Å². The topological polar surface area (TPSA) is 71.1 Å². The van der Waals surface area contributed by atoms with E-state index in [0.29, 0.717) is 51.0 Å². The van der Waals surface area contributed by atoms with Crippen LogP contribution >= 0.6 is 0 Å². The van der Waals surface area contributed by atoms with Crippen LogP contribution in [0.1, 0.15) is 23.7 Å². The Labute approximate surface area is 130 Å². The van der Waals surface area contributed by atoms with Gasteiger partial charge in [0, 0.05) is 5.56 Å². The first kappa shape index (κ1) is 18.1. The minimum atomic E-state index is -0.252. The molecule has 122 valence electrons. The van der Waals surface area contributed by atoms with Crippen LogP contribution in [0.2, 0.25) is 0 Å². The molecular weight excluding hydrogens is 288 g/mol. The summed E-state index contributed by atoms with van der Waals surface area (Å²) in [5.74, 6) is 0.442. The minimum Gasteiger partial charge on any atom is -0.491 e. The molecule has 1 rings (SSSR count). The number of carbonyl (C=O) groups excluding carboxylic acids is 2. The summed E-state index contributed by atoms with van der Waals surface area (Å²) in [6.45, 7) is 4.22. The van der Waals surface area contributed by atoms with Crippen LogP contribution in [0.5, 0.6) is 5.75 Å². The van der Waals surface area contributed by atoms with E-state index in [1.165, 1.54) is 0 Å². The lowest BCUT2D eigenvalue weighted by Crippen LogP contribution is -2.13. The summed E-state index contributed by atoms with van der Waals surface area (Å²) in [7, 11) is 0. The van der Waals surface area contributed by atoms with Gasteiger partial charge in [0.2, 0.25) is 0 Å². The molecule has 0 atom stereocenters. The number of ether oxygens (including phenoxy) is 4. The van der Waals surface area contributed by atoms with E-state index >= 15 is 0 Å². The molecule has 0 aliphatic carbocycles. The molecule has 0 amide bonds. The maximum Gasteiger partial charge on any atom is 0.308 e. The zero-order chi connectivity index (χ0) is 16.0. The molecule has 6 heteroatoms. The third-order valence-electron chi connectivity index (χ3n) is 2.64. The molecule has 0 unspecified atom stereocenters. The number of hydrogen-bond acceptors (Lipinski definition) is 6. The average molecular weight is 310 g/mol. The van der Waals surface area contributed by atoms with Gasteiger partial charge in [-0.2, -0.15) is 0 Å². The second-order valence-corrected chi connectivity index (χ2v) is 4.32. The van der Waals surface area contributed by atoms with E-state index in [1.54, 1.807) is 31.2 Å². The molecule has 0 bridgehead atoms. The Hall–Kier alpha value is -1.92. The maximum atomic E-state index is 11.0. The van der Waals surface area contributed by atoms with Gasteiger partial charge in [0.05, 0.1) is 39.5 Å². The van der Waals surface area contributed by atoms with Crippen molar-refractivity contribution in [3.8, 4) is 5.75 Å². The molecule has 0 aliphatic rings. The lowest BCUT2D eigenvalue weighted by Gasteiger charge is -2.08. The first-order valence-electron chi connectivity index (χ1n) is 7.25. The second kappa shape index (κ2) is 11.7. The lowest BCUT2D eigenvalue weighted by molar-refractivity contribution is -0.144. The standard InChI is InChI=1S/C16H22O6/c1-2-21-16(18)7-8-19-9-10-20-11-12-22-15-5-3-14(13-17)4-6-15/h3-6,13H,2,7-12H2,1H3. The fourth-order valence-electron chi connectivity index (χ4n) is 1.57. The van der Waals surface area contributed by atoms with Crippen LogP contribution in [0.4, 0.5) is 0 Å². The molecule has 0 saturated carbocycles. The molecule has 22 heavy (non-hydrogen) atoms. The molecule has 0 heterocycles. The predicted octanol–water partition coefficient (Wildman–Crippen LogP) is 1.86. The van der Waals surface area contributed by atoms with Crippen LogP contribution in [0.25, 0.3) is 0 Å². The van der Waals surface area contributed by atoms with Crippen LogP contribution in [-0.4, -0.2) is 51.9 Å². The van der Waals surface area contributed by atoms with E-state index in [1.807, 2.05) is 0 Å². The van der Waals surface area contributed by atoms with Gasteiger partial charge in [-0.25, -0.2) is 0 Å². The Morgan fingerprint density at radius 2 is 1.64 bits per heavy atom. The normalized spacial score (nSPS) is 10.2. The largest absolute Gasteiger partial charge is 0.491 e. The quantitative estimate of drug-likeness (QED) is 0.333. The van der Waals surface area contributed by atoms with Crippen LogP contribution < -0.4 is 4.74 Å². The minimum absolute atomic E-state index is 0.252. The third kappa shape index (κ3) is 8.39. The summed E-state index contributed by atoms with van der Waals surface area (Å²) in [5, 5.41) is 0. The Balaban J connectivity index is 1.93. The van der Waals surface area contributed by atoms with E-state index < -0.39 is 0 Å². The van der Waals surface area contributed by atoms with Crippen molar-refractivity contribution < 1.29 is 28.5 Å². The van der Waals surface area contributed by atoms with Crippen molar-refractivity contribution in [1.82, 2.24) is 0 Å². The summed E-state index contributed by atoms with van der Waals surface area (Å²) in [6.07, 6.45) is 1.04. The number of esters is 1. The molecule has 0 aromatic heterocycles. The molecule has 0 N–H and O–H groups in total. The van der Waals surface area contributed by atoms with Gasteiger partial charge < -0.3 is 18.9 Å². The van der Waals surface area contributed by atoms with Crippen molar-refractivity contribution in [2.45, 2.75) is 13.3 Å². The first-order chi connectivity index (χ1) is 10.8. The molecular formula is C16H22O6. The van der Waals surface area contributed by atoms with Crippen molar-refractivity contribution in [3.63, 3.8) is 0 Å². The van der Waals surface area contributed by atoms with E-state index in [0.717, 1.165) is 6.29 Å². The van der Waals surface area contributed by atoms with Crippen molar-refractivity contribution >= 4 is 12.3 Å². The summed E-state index contributed by atoms with van der Waals surface area (Å²) in [5.41, 5.74) is 0.614. The number of aldehydes is 1. The number of rotatable bonds is 12. The van der Waals surface area contributed by atoms with Crippen LogP contribution in [-0.2, 0) is 19.0 Å². The van der Waals surface area contributed by atoms with Crippen molar-refractivity contribution in [3.05, 3.63) is 29.8 Å². The lowest BCUT2D eigenvalue weighted by atomic mass is 10.2. The summed E-state index contributed by atoms with van der Waals surface area (Å²) < 4.78 is 20.8. The number of hydrogen-bond donors (Lipinski definition) is 0. The van der Waals surface area contributed by atoms with Gasteiger partial charge in [-0.3, -0.25) is 9.59 Å². The molecule has 0 aliphatic heterocycles. The van der Waals surface area contributed by atoms with Gasteiger partial charge in [0.15, 0.2) is 0 Å². The Bertz CT molecular complexity index is 429. The van der Waals surface area contributed by atoms with Gasteiger partial charge in [-0.1, -0.05) is 0 Å². The Morgan fingerprint density at radius 3 is 2.27 bits per heavy atom. The Morgan fingerprint density at radius 1 is 1.00 bits per heavy atom. The molecule has 6 nitrogen and oxygen atoms in total. The van der Waals surface area contributed by atoms with Gasteiger partial charge in [0.25, 0.3) is 0 Å². The second-order valence-electron chi connectivity index (χ2n) is 4.32. The predicted molar refractivity (Wildman–Crippen MR) is 80.2 cm³/mol. The maximum absolute atomic E-state index is 11.0. The fraction of sp³-hybridized carbons (Fsp3) is 0.500. The molecule has 0 fully saturated rings. The number of benzene rings is 1. The SMILES string of the molecule is CCOC(=O)CCOCCOCCOc1ccc(C=O)cc1. The first-order valence-corrected chi connectivity index (χ1v) is 7.25. The zero-order valence-corrected chi connectivity index (χ0v) is 12.8. The summed E-state index contributed by atoms with van der Waals surface area (Å²) >= 11 is 0. The highest BCUT2D eigenvalue weighted by molar-refractivity contribution is 5.74. The van der Waals surface area contributed by atoms with Crippen LogP contribution in [0.3, 0.4) is 0 Å². The molecule has 1 aromatic carbocycles. The highest BCUT2D eigenvalue weighted by Gasteiger charge is 2.00. The van der Waals surface area contributed by atoms with Gasteiger partial charge in [-0.15, -0.1) is 0 Å². The van der Waals surface area contributed by atoms with Crippen molar-refractivity contribution in [2.24, 2.45) is 0 Å². The zero-order valence-electron chi connectivity index (χ0n) is 12.8. The van der Waals surface area contributed by atoms with Gasteiger partial charge in [0.1, 0.15) is 18.6 Å². The average Bonchev–Trinajstić information content (AvgIpc) is 2.54. The monoisotopic (exact) mass is 310 g/mol. The van der Waals surface area contributed by atoms with Crippen LogP contribution in [0, 0.1) is 0 Å². The van der Waals surface area contributed by atoms with Gasteiger partial charge >= 0.3 is 5.97 Å². The smallest absolute Gasteiger partial charge is 0.308 e. The highest BCUT2D eigenvalue weighted by Crippen LogP contribution is 2.10. The third-order valence-corrected chi connectivity index (χ3v) is 2.64. The number of carbonyl (C=O) groups is 2. The summed E-state index contributed by atoms with van der Waals surface area (Å²) in [4.78, 5) is 21.5. The van der Waals surface area contributed by atoms with E-state index in [9.17, 15) is 9.59 Å². The molecule has 1 aromatic rings. The summed E-state index contributed by atoms with van der Waals surface area (Å²) in [6, 6.07) is 6.87. The van der Waals surface area contributed by atoms with E-state index in [4.69, 9.17) is 18.9 Å². The van der Waals surface area contributed by atoms with Crippen molar-refractivity contribution in [1.29, 1.82) is 0 Å². The van der Waals surface area contributed by atoms with Crippen molar-refractivity contribution in [2.75, 3.05) is 39.6 Å². The van der Waals surface area contributed by atoms with E-state index in [2.05, 4.69) is 0 Å². The molecule has 0 saturated heterocycles. The molecule has 0 radical (unpaired) electrons.